The Hall–Kier alpha value is -4.18. The van der Waals surface area contributed by atoms with E-state index in [0.717, 1.165) is 39.2 Å². The summed E-state index contributed by atoms with van der Waals surface area (Å²) in [6, 6.07) is 33.6. The molecule has 150 valence electrons. The first-order valence-electron chi connectivity index (χ1n) is 10.1. The fourth-order valence-electron chi connectivity index (χ4n) is 3.31. The molecule has 5 aromatic rings. The van der Waals surface area contributed by atoms with Crippen LogP contribution in [0, 0.1) is 0 Å². The van der Waals surface area contributed by atoms with Crippen LogP contribution in [-0.4, -0.2) is 11.2 Å². The minimum Gasteiger partial charge on any atom is -0.488 e. The minimum absolute atomic E-state index is 0.513. The summed E-state index contributed by atoms with van der Waals surface area (Å²) in [5.41, 5.74) is 5.37. The molecule has 0 aliphatic heterocycles. The lowest BCUT2D eigenvalue weighted by molar-refractivity contribution is 0.306. The summed E-state index contributed by atoms with van der Waals surface area (Å²) in [5, 5.41) is 0. The number of hydrogen-bond acceptors (Lipinski definition) is 4. The summed E-state index contributed by atoms with van der Waals surface area (Å²) in [5.74, 6) is 1.38. The molecular formula is C27H20N2O2. The van der Waals surface area contributed by atoms with Gasteiger partial charge >= 0.3 is 0 Å². The third-order valence-corrected chi connectivity index (χ3v) is 4.90. The van der Waals surface area contributed by atoms with Gasteiger partial charge in [-0.15, -0.1) is 0 Å². The molecular weight excluding hydrogens is 384 g/mol. The van der Waals surface area contributed by atoms with Gasteiger partial charge in [-0.3, -0.25) is 4.99 Å². The SMILES string of the molecule is C(=Nc1cccc(-c2nc3ccccc3o2)c1)c1ccccc1OCc1ccccc1. The highest BCUT2D eigenvalue weighted by atomic mass is 16.5. The topological polar surface area (TPSA) is 47.6 Å². The first kappa shape index (κ1) is 18.8. The van der Waals surface area contributed by atoms with E-state index >= 15 is 0 Å². The van der Waals surface area contributed by atoms with E-state index in [-0.39, 0.29) is 0 Å². The molecule has 0 spiro atoms. The smallest absolute Gasteiger partial charge is 0.227 e. The standard InChI is InChI=1S/C27H20N2O2/c1-2-9-20(10-3-1)19-30-25-15-6-4-11-22(25)18-28-23-13-8-12-21(17-23)27-29-24-14-5-7-16-26(24)31-27/h1-18H,19H2. The molecule has 1 heterocycles. The van der Waals surface area contributed by atoms with Crippen molar-refractivity contribution in [3.8, 4) is 17.2 Å². The van der Waals surface area contributed by atoms with Gasteiger partial charge in [0.2, 0.25) is 5.89 Å². The van der Waals surface area contributed by atoms with Gasteiger partial charge in [0.1, 0.15) is 17.9 Å². The lowest BCUT2D eigenvalue weighted by Gasteiger charge is -2.09. The van der Waals surface area contributed by atoms with Crippen molar-refractivity contribution < 1.29 is 9.15 Å². The van der Waals surface area contributed by atoms with E-state index in [0.29, 0.717) is 12.5 Å². The van der Waals surface area contributed by atoms with E-state index in [9.17, 15) is 0 Å². The maximum Gasteiger partial charge on any atom is 0.227 e. The third kappa shape index (κ3) is 4.38. The number of rotatable bonds is 6. The van der Waals surface area contributed by atoms with Crippen LogP contribution in [0.3, 0.4) is 0 Å². The molecule has 4 nitrogen and oxygen atoms in total. The van der Waals surface area contributed by atoms with Crippen molar-refractivity contribution in [2.24, 2.45) is 4.99 Å². The molecule has 4 heteroatoms. The Morgan fingerprint density at radius 1 is 0.806 bits per heavy atom. The second kappa shape index (κ2) is 8.67. The normalized spacial score (nSPS) is 11.2. The number of ether oxygens (including phenoxy) is 1. The molecule has 31 heavy (non-hydrogen) atoms. The number of benzene rings is 4. The molecule has 0 atom stereocenters. The zero-order valence-corrected chi connectivity index (χ0v) is 16.8. The molecule has 0 saturated heterocycles. The van der Waals surface area contributed by atoms with E-state index < -0.39 is 0 Å². The van der Waals surface area contributed by atoms with Gasteiger partial charge in [0.05, 0.1) is 5.69 Å². The summed E-state index contributed by atoms with van der Waals surface area (Å²) < 4.78 is 11.9. The Balaban J connectivity index is 1.37. The van der Waals surface area contributed by atoms with Crippen LogP contribution < -0.4 is 4.74 Å². The monoisotopic (exact) mass is 404 g/mol. The molecule has 0 fully saturated rings. The average molecular weight is 404 g/mol. The molecule has 0 saturated carbocycles. The second-order valence-electron chi connectivity index (χ2n) is 7.11. The molecule has 1 aromatic heterocycles. The molecule has 4 aromatic carbocycles. The van der Waals surface area contributed by atoms with Crippen molar-refractivity contribution in [1.82, 2.24) is 4.98 Å². The highest BCUT2D eigenvalue weighted by molar-refractivity contribution is 5.86. The Kier molecular flexibility index (Phi) is 5.27. The second-order valence-corrected chi connectivity index (χ2v) is 7.11. The van der Waals surface area contributed by atoms with E-state index in [1.54, 1.807) is 0 Å². The molecule has 0 N–H and O–H groups in total. The molecule has 0 aliphatic rings. The maximum absolute atomic E-state index is 6.02. The van der Waals surface area contributed by atoms with Crippen molar-refractivity contribution in [2.75, 3.05) is 0 Å². The van der Waals surface area contributed by atoms with Crippen LogP contribution >= 0.6 is 0 Å². The van der Waals surface area contributed by atoms with Crippen LogP contribution in [0.4, 0.5) is 5.69 Å². The lowest BCUT2D eigenvalue weighted by atomic mass is 10.2. The zero-order valence-electron chi connectivity index (χ0n) is 16.8. The Morgan fingerprint density at radius 3 is 2.52 bits per heavy atom. The lowest BCUT2D eigenvalue weighted by Crippen LogP contribution is -1.97. The number of fused-ring (bicyclic) bond motifs is 1. The molecule has 0 radical (unpaired) electrons. The Morgan fingerprint density at radius 2 is 1.61 bits per heavy atom. The first-order valence-corrected chi connectivity index (χ1v) is 10.1. The van der Waals surface area contributed by atoms with Crippen molar-refractivity contribution in [3.63, 3.8) is 0 Å². The summed E-state index contributed by atoms with van der Waals surface area (Å²) in [4.78, 5) is 9.23. The largest absolute Gasteiger partial charge is 0.488 e. The predicted molar refractivity (Wildman–Crippen MR) is 124 cm³/mol. The van der Waals surface area contributed by atoms with Crippen LogP contribution in [0.1, 0.15) is 11.1 Å². The van der Waals surface area contributed by atoms with Gasteiger partial charge < -0.3 is 9.15 Å². The van der Waals surface area contributed by atoms with Gasteiger partial charge in [0.15, 0.2) is 5.58 Å². The summed E-state index contributed by atoms with van der Waals surface area (Å²) in [6.07, 6.45) is 1.82. The summed E-state index contributed by atoms with van der Waals surface area (Å²) >= 11 is 0. The highest BCUT2D eigenvalue weighted by Crippen LogP contribution is 2.27. The molecule has 0 unspecified atom stereocenters. The molecule has 5 rings (SSSR count). The van der Waals surface area contributed by atoms with Gasteiger partial charge in [-0.2, -0.15) is 0 Å². The van der Waals surface area contributed by atoms with E-state index in [2.05, 4.69) is 9.98 Å². The first-order chi connectivity index (χ1) is 15.3. The number of para-hydroxylation sites is 3. The van der Waals surface area contributed by atoms with Gasteiger partial charge in [-0.05, 0) is 48.0 Å². The summed E-state index contributed by atoms with van der Waals surface area (Å²) in [6.45, 7) is 0.513. The molecule has 0 bridgehead atoms. The van der Waals surface area contributed by atoms with Gasteiger partial charge in [-0.25, -0.2) is 4.98 Å². The Labute approximate surface area is 180 Å². The van der Waals surface area contributed by atoms with E-state index in [1.807, 2.05) is 109 Å². The number of aromatic nitrogens is 1. The van der Waals surface area contributed by atoms with Gasteiger partial charge in [-0.1, -0.05) is 60.7 Å². The van der Waals surface area contributed by atoms with Crippen LogP contribution in [-0.2, 0) is 6.61 Å². The molecule has 0 amide bonds. The van der Waals surface area contributed by atoms with E-state index in [1.165, 1.54) is 0 Å². The van der Waals surface area contributed by atoms with Crippen LogP contribution in [0.15, 0.2) is 113 Å². The average Bonchev–Trinajstić information content (AvgIpc) is 3.27. The number of aliphatic imine (C=N–C) groups is 1. The fraction of sp³-hybridized carbons (Fsp3) is 0.0370. The van der Waals surface area contributed by atoms with Gasteiger partial charge in [0.25, 0.3) is 0 Å². The van der Waals surface area contributed by atoms with Crippen molar-refractivity contribution in [2.45, 2.75) is 6.61 Å². The summed E-state index contributed by atoms with van der Waals surface area (Å²) in [7, 11) is 0. The zero-order chi connectivity index (χ0) is 20.9. The van der Waals surface area contributed by atoms with E-state index in [4.69, 9.17) is 9.15 Å². The van der Waals surface area contributed by atoms with Crippen LogP contribution in [0.25, 0.3) is 22.6 Å². The van der Waals surface area contributed by atoms with Gasteiger partial charge in [0, 0.05) is 17.3 Å². The number of oxazole rings is 1. The quantitative estimate of drug-likeness (QED) is 0.292. The van der Waals surface area contributed by atoms with Crippen molar-refractivity contribution >= 4 is 23.0 Å². The van der Waals surface area contributed by atoms with Crippen molar-refractivity contribution in [3.05, 3.63) is 114 Å². The third-order valence-electron chi connectivity index (χ3n) is 4.90. The number of hydrogen-bond donors (Lipinski definition) is 0. The predicted octanol–water partition coefficient (Wildman–Crippen LogP) is 6.82. The van der Waals surface area contributed by atoms with Crippen molar-refractivity contribution in [1.29, 1.82) is 0 Å². The molecule has 0 aliphatic carbocycles. The maximum atomic E-state index is 6.02. The highest BCUT2D eigenvalue weighted by Gasteiger charge is 2.08. The fourth-order valence-corrected chi connectivity index (χ4v) is 3.31. The number of nitrogens with zero attached hydrogens (tertiary/aromatic N) is 2. The minimum atomic E-state index is 0.513. The van der Waals surface area contributed by atoms with Crippen LogP contribution in [0.5, 0.6) is 5.75 Å². The van der Waals surface area contributed by atoms with Crippen LogP contribution in [0.2, 0.25) is 0 Å². The Bertz CT molecular complexity index is 1310.